The first-order valence-corrected chi connectivity index (χ1v) is 12.6. The Hall–Kier alpha value is -3.08. The predicted molar refractivity (Wildman–Crippen MR) is 137 cm³/mol. The molecule has 0 aliphatic carbocycles. The second-order valence-corrected chi connectivity index (χ2v) is 9.77. The molecule has 3 aromatic rings. The Morgan fingerprint density at radius 3 is 2.62 bits per heavy atom. The summed E-state index contributed by atoms with van der Waals surface area (Å²) in [5, 5.41) is 6.74. The first-order valence-electron chi connectivity index (χ1n) is 11.9. The number of carbonyl (C=O) groups excluding carboxylic acids is 1. The standard InChI is InChI=1S/C25H25Cl2F2N7O/c1-14(16-3-2-4-17(21(16)26)22(28)29)32-23-18-11-36(13-20(18)33-24(27)34-23)25(37)35-10-9-31-19(12-35)15-5-7-30-8-6-15/h2-8,14,19,22,31H,9-13H2,1H3,(H,32,33,34)/t14-,19?/m1/s1. The van der Waals surface area contributed by atoms with Crippen LogP contribution in [-0.2, 0) is 13.1 Å². The third-order valence-corrected chi connectivity index (χ3v) is 7.30. The number of urea groups is 1. The van der Waals surface area contributed by atoms with Crippen LogP contribution in [0.2, 0.25) is 10.3 Å². The van der Waals surface area contributed by atoms with E-state index < -0.39 is 12.5 Å². The van der Waals surface area contributed by atoms with Gasteiger partial charge in [0.05, 0.1) is 35.9 Å². The van der Waals surface area contributed by atoms with Crippen LogP contribution in [0.1, 0.15) is 53.4 Å². The monoisotopic (exact) mass is 547 g/mol. The van der Waals surface area contributed by atoms with Crippen molar-refractivity contribution in [3.8, 4) is 0 Å². The average Bonchev–Trinajstić information content (AvgIpc) is 3.33. The number of pyridine rings is 1. The molecule has 0 spiro atoms. The Morgan fingerprint density at radius 1 is 1.11 bits per heavy atom. The van der Waals surface area contributed by atoms with Crippen LogP contribution in [0.5, 0.6) is 0 Å². The molecule has 1 aromatic carbocycles. The van der Waals surface area contributed by atoms with Gasteiger partial charge in [-0.05, 0) is 41.8 Å². The van der Waals surface area contributed by atoms with E-state index in [4.69, 9.17) is 23.2 Å². The van der Waals surface area contributed by atoms with E-state index in [-0.39, 0.29) is 27.9 Å². The van der Waals surface area contributed by atoms with Crippen molar-refractivity contribution in [1.29, 1.82) is 0 Å². The van der Waals surface area contributed by atoms with Gasteiger partial charge in [0.25, 0.3) is 6.43 Å². The molecule has 2 N–H and O–H groups in total. The number of amides is 2. The summed E-state index contributed by atoms with van der Waals surface area (Å²) >= 11 is 12.5. The highest BCUT2D eigenvalue weighted by Crippen LogP contribution is 2.36. The first kappa shape index (κ1) is 25.6. The number of halogens is 4. The molecule has 0 bridgehead atoms. The summed E-state index contributed by atoms with van der Waals surface area (Å²) in [5.74, 6) is 0.450. The summed E-state index contributed by atoms with van der Waals surface area (Å²) in [4.78, 5) is 29.7. The maximum absolute atomic E-state index is 13.5. The molecule has 4 heterocycles. The minimum Gasteiger partial charge on any atom is -0.363 e. The van der Waals surface area contributed by atoms with E-state index in [1.165, 1.54) is 6.07 Å². The molecule has 12 heteroatoms. The molecule has 2 atom stereocenters. The number of nitrogens with one attached hydrogen (secondary N) is 2. The van der Waals surface area contributed by atoms with Gasteiger partial charge in [-0.15, -0.1) is 0 Å². The third-order valence-electron chi connectivity index (χ3n) is 6.69. The molecular weight excluding hydrogens is 523 g/mol. The molecule has 2 amide bonds. The van der Waals surface area contributed by atoms with Crippen molar-refractivity contribution in [2.75, 3.05) is 25.0 Å². The molecular formula is C25H25Cl2F2N7O. The lowest BCUT2D eigenvalue weighted by Crippen LogP contribution is -2.51. The van der Waals surface area contributed by atoms with Gasteiger partial charge < -0.3 is 20.4 Å². The maximum atomic E-state index is 13.5. The van der Waals surface area contributed by atoms with Gasteiger partial charge in [-0.2, -0.15) is 0 Å². The van der Waals surface area contributed by atoms with Gasteiger partial charge in [0.1, 0.15) is 5.82 Å². The van der Waals surface area contributed by atoms with Crippen LogP contribution < -0.4 is 10.6 Å². The Labute approximate surface area is 223 Å². The fourth-order valence-electron chi connectivity index (χ4n) is 4.78. The highest BCUT2D eigenvalue weighted by molar-refractivity contribution is 6.32. The SMILES string of the molecule is C[C@@H](Nc1nc(Cl)nc2c1CN(C(=O)N1CCNC(c3ccncc3)C1)C2)c1cccc(C(F)F)c1Cl. The zero-order valence-electron chi connectivity index (χ0n) is 20.0. The number of aromatic nitrogens is 3. The fourth-order valence-corrected chi connectivity index (χ4v) is 5.33. The van der Waals surface area contributed by atoms with Crippen LogP contribution in [0, 0.1) is 0 Å². The largest absolute Gasteiger partial charge is 0.363 e. The molecule has 0 radical (unpaired) electrons. The molecule has 37 heavy (non-hydrogen) atoms. The van der Waals surface area contributed by atoms with E-state index in [2.05, 4.69) is 25.6 Å². The van der Waals surface area contributed by atoms with Gasteiger partial charge in [-0.3, -0.25) is 4.98 Å². The molecule has 2 aliphatic rings. The minimum absolute atomic E-state index is 0.00793. The summed E-state index contributed by atoms with van der Waals surface area (Å²) in [7, 11) is 0. The second-order valence-electron chi connectivity index (χ2n) is 9.06. The number of carbonyl (C=O) groups is 1. The van der Waals surface area contributed by atoms with Crippen LogP contribution >= 0.6 is 23.2 Å². The Bertz CT molecular complexity index is 1300. The lowest BCUT2D eigenvalue weighted by atomic mass is 10.0. The minimum atomic E-state index is -2.68. The summed E-state index contributed by atoms with van der Waals surface area (Å²) in [5.41, 5.74) is 2.75. The van der Waals surface area contributed by atoms with E-state index in [0.717, 1.165) is 11.1 Å². The van der Waals surface area contributed by atoms with Crippen LogP contribution in [0.3, 0.4) is 0 Å². The summed E-state index contributed by atoms with van der Waals surface area (Å²) in [6.07, 6.45) is 0.799. The van der Waals surface area contributed by atoms with Gasteiger partial charge in [-0.1, -0.05) is 29.8 Å². The number of anilines is 1. The molecule has 1 saturated heterocycles. The number of hydrogen-bond donors (Lipinski definition) is 2. The first-order chi connectivity index (χ1) is 17.8. The number of nitrogens with zero attached hydrogens (tertiary/aromatic N) is 5. The summed E-state index contributed by atoms with van der Waals surface area (Å²) < 4.78 is 26.7. The molecule has 1 unspecified atom stereocenters. The lowest BCUT2D eigenvalue weighted by Gasteiger charge is -2.36. The second kappa shape index (κ2) is 10.7. The fraction of sp³-hybridized carbons (Fsp3) is 0.360. The Morgan fingerprint density at radius 2 is 1.86 bits per heavy atom. The van der Waals surface area contributed by atoms with Crippen molar-refractivity contribution in [3.05, 3.63) is 81.0 Å². The third kappa shape index (κ3) is 5.32. The number of benzene rings is 1. The van der Waals surface area contributed by atoms with E-state index in [9.17, 15) is 13.6 Å². The van der Waals surface area contributed by atoms with Crippen LogP contribution in [0.4, 0.5) is 19.4 Å². The predicted octanol–water partition coefficient (Wildman–Crippen LogP) is 5.37. The van der Waals surface area contributed by atoms with E-state index in [1.807, 2.05) is 17.0 Å². The van der Waals surface area contributed by atoms with Crippen molar-refractivity contribution >= 4 is 35.1 Å². The molecule has 2 aromatic heterocycles. The number of hydrogen-bond acceptors (Lipinski definition) is 6. The van der Waals surface area contributed by atoms with Crippen molar-refractivity contribution in [2.45, 2.75) is 38.5 Å². The smallest absolute Gasteiger partial charge is 0.320 e. The lowest BCUT2D eigenvalue weighted by molar-refractivity contribution is 0.136. The zero-order valence-corrected chi connectivity index (χ0v) is 21.5. The van der Waals surface area contributed by atoms with Gasteiger partial charge in [-0.25, -0.2) is 23.5 Å². The van der Waals surface area contributed by atoms with Crippen LogP contribution in [-0.4, -0.2) is 50.4 Å². The highest BCUT2D eigenvalue weighted by atomic mass is 35.5. The number of piperazine rings is 1. The van der Waals surface area contributed by atoms with Gasteiger partial charge in [0.2, 0.25) is 5.28 Å². The highest BCUT2D eigenvalue weighted by Gasteiger charge is 2.33. The number of rotatable bonds is 5. The van der Waals surface area contributed by atoms with Crippen molar-refractivity contribution < 1.29 is 13.6 Å². The van der Waals surface area contributed by atoms with Gasteiger partial charge in [0.15, 0.2) is 0 Å². The Kier molecular flexibility index (Phi) is 7.41. The molecule has 1 fully saturated rings. The van der Waals surface area contributed by atoms with Gasteiger partial charge in [0, 0.05) is 43.2 Å². The van der Waals surface area contributed by atoms with E-state index in [1.54, 1.807) is 36.4 Å². The van der Waals surface area contributed by atoms with Crippen molar-refractivity contribution in [2.24, 2.45) is 0 Å². The van der Waals surface area contributed by atoms with Crippen LogP contribution in [0.25, 0.3) is 0 Å². The zero-order chi connectivity index (χ0) is 26.1. The average molecular weight is 548 g/mol. The van der Waals surface area contributed by atoms with Crippen molar-refractivity contribution in [1.82, 2.24) is 30.1 Å². The number of fused-ring (bicyclic) bond motifs is 1. The quantitative estimate of drug-likeness (QED) is 0.417. The maximum Gasteiger partial charge on any atom is 0.320 e. The summed E-state index contributed by atoms with van der Waals surface area (Å²) in [6.45, 7) is 4.19. The Balaban J connectivity index is 1.32. The summed E-state index contributed by atoms with van der Waals surface area (Å²) in [6, 6.07) is 7.91. The van der Waals surface area contributed by atoms with Gasteiger partial charge >= 0.3 is 6.03 Å². The number of alkyl halides is 2. The molecule has 194 valence electrons. The van der Waals surface area contributed by atoms with E-state index in [0.29, 0.717) is 49.8 Å². The molecule has 0 saturated carbocycles. The van der Waals surface area contributed by atoms with Crippen LogP contribution in [0.15, 0.2) is 42.7 Å². The van der Waals surface area contributed by atoms with Crippen molar-refractivity contribution in [3.63, 3.8) is 0 Å². The molecule has 2 aliphatic heterocycles. The van der Waals surface area contributed by atoms with E-state index >= 15 is 0 Å². The molecule has 8 nitrogen and oxygen atoms in total. The molecule has 5 rings (SSSR count). The normalized spacial score (nSPS) is 18.2. The topological polar surface area (TPSA) is 86.3 Å².